The molecule has 1 aliphatic rings. The Hall–Kier alpha value is -3.48. The van der Waals surface area contributed by atoms with Crippen molar-refractivity contribution in [1.82, 2.24) is 14.7 Å². The summed E-state index contributed by atoms with van der Waals surface area (Å²) in [4.78, 5) is 27.5. The molecule has 0 aliphatic heterocycles. The lowest BCUT2D eigenvalue weighted by Crippen LogP contribution is -2.41. The normalized spacial score (nSPS) is 14.1. The van der Waals surface area contributed by atoms with E-state index < -0.39 is 0 Å². The standard InChI is InChI=1S/C26H29FN4O2/c1-2-30(26(33)20-11-7-4-8-12-20)18-25(32)28-24-17-23(19-9-5-3-6-10-19)29-31(24)22-15-13-21(27)14-16-22/h3,5-6,9-10,13-17,20H,2,4,7-8,11-12,18H2,1H3,(H,28,32). The zero-order chi connectivity index (χ0) is 23.2. The van der Waals surface area contributed by atoms with Gasteiger partial charge in [-0.1, -0.05) is 49.6 Å². The predicted molar refractivity (Wildman–Crippen MR) is 126 cm³/mol. The van der Waals surface area contributed by atoms with Crippen molar-refractivity contribution in [3.8, 4) is 16.9 Å². The van der Waals surface area contributed by atoms with Crippen molar-refractivity contribution in [3.63, 3.8) is 0 Å². The number of carbonyl (C=O) groups excluding carboxylic acids is 2. The number of rotatable bonds is 7. The molecule has 1 N–H and O–H groups in total. The quantitative estimate of drug-likeness (QED) is 0.550. The Labute approximate surface area is 193 Å². The second-order valence-corrected chi connectivity index (χ2v) is 8.40. The molecular formula is C26H29FN4O2. The monoisotopic (exact) mass is 448 g/mol. The van der Waals surface area contributed by atoms with Crippen molar-refractivity contribution in [3.05, 3.63) is 66.5 Å². The highest BCUT2D eigenvalue weighted by atomic mass is 19.1. The molecule has 2 aromatic carbocycles. The second kappa shape index (κ2) is 10.4. The predicted octanol–water partition coefficient (Wildman–Crippen LogP) is 5.05. The van der Waals surface area contributed by atoms with Crippen LogP contribution in [0.2, 0.25) is 0 Å². The van der Waals surface area contributed by atoms with Gasteiger partial charge in [0.1, 0.15) is 11.6 Å². The summed E-state index contributed by atoms with van der Waals surface area (Å²) in [7, 11) is 0. The van der Waals surface area contributed by atoms with Crippen LogP contribution in [0, 0.1) is 11.7 Å². The highest BCUT2D eigenvalue weighted by Gasteiger charge is 2.26. The highest BCUT2D eigenvalue weighted by Crippen LogP contribution is 2.26. The maximum absolute atomic E-state index is 13.5. The molecule has 0 atom stereocenters. The Morgan fingerprint density at radius 2 is 1.76 bits per heavy atom. The molecule has 6 nitrogen and oxygen atoms in total. The van der Waals surface area contributed by atoms with Crippen LogP contribution < -0.4 is 5.32 Å². The van der Waals surface area contributed by atoms with E-state index in [1.807, 2.05) is 37.3 Å². The van der Waals surface area contributed by atoms with Crippen LogP contribution >= 0.6 is 0 Å². The number of carbonyl (C=O) groups is 2. The molecule has 0 spiro atoms. The number of likely N-dealkylation sites (N-methyl/N-ethyl adjacent to an activating group) is 1. The molecule has 0 saturated heterocycles. The molecular weight excluding hydrogens is 419 g/mol. The molecule has 0 bridgehead atoms. The Kier molecular flexibility index (Phi) is 7.17. The first kappa shape index (κ1) is 22.7. The first-order chi connectivity index (χ1) is 16.0. The average molecular weight is 449 g/mol. The Morgan fingerprint density at radius 3 is 2.42 bits per heavy atom. The number of halogens is 1. The van der Waals surface area contributed by atoms with Crippen LogP contribution in [0.15, 0.2) is 60.7 Å². The van der Waals surface area contributed by atoms with Gasteiger partial charge in [-0.25, -0.2) is 9.07 Å². The Morgan fingerprint density at radius 1 is 1.06 bits per heavy atom. The summed E-state index contributed by atoms with van der Waals surface area (Å²) in [6, 6.07) is 17.3. The van der Waals surface area contributed by atoms with Gasteiger partial charge in [0.2, 0.25) is 11.8 Å². The first-order valence-electron chi connectivity index (χ1n) is 11.5. The summed E-state index contributed by atoms with van der Waals surface area (Å²) < 4.78 is 15.0. The van der Waals surface area contributed by atoms with Crippen LogP contribution in [0.1, 0.15) is 39.0 Å². The van der Waals surface area contributed by atoms with Gasteiger partial charge in [0.25, 0.3) is 0 Å². The third kappa shape index (κ3) is 5.48. The van der Waals surface area contributed by atoms with Crippen LogP contribution in [0.5, 0.6) is 0 Å². The van der Waals surface area contributed by atoms with E-state index in [2.05, 4.69) is 10.4 Å². The minimum atomic E-state index is -0.348. The minimum Gasteiger partial charge on any atom is -0.333 e. The number of nitrogens with one attached hydrogen (secondary N) is 1. The number of hydrogen-bond donors (Lipinski definition) is 1. The molecule has 2 amide bonds. The molecule has 3 aromatic rings. The summed E-state index contributed by atoms with van der Waals surface area (Å²) >= 11 is 0. The van der Waals surface area contributed by atoms with E-state index in [0.717, 1.165) is 31.2 Å². The van der Waals surface area contributed by atoms with Crippen LogP contribution in [-0.2, 0) is 9.59 Å². The third-order valence-corrected chi connectivity index (χ3v) is 6.10. The van der Waals surface area contributed by atoms with E-state index in [1.165, 1.54) is 18.6 Å². The van der Waals surface area contributed by atoms with Crippen molar-refractivity contribution < 1.29 is 14.0 Å². The lowest BCUT2D eigenvalue weighted by Gasteiger charge is -2.28. The van der Waals surface area contributed by atoms with Crippen molar-refractivity contribution in [2.24, 2.45) is 5.92 Å². The molecule has 0 unspecified atom stereocenters. The van der Waals surface area contributed by atoms with Gasteiger partial charge in [0.15, 0.2) is 0 Å². The molecule has 4 rings (SSSR count). The van der Waals surface area contributed by atoms with E-state index in [0.29, 0.717) is 23.7 Å². The van der Waals surface area contributed by atoms with E-state index >= 15 is 0 Å². The molecule has 172 valence electrons. The second-order valence-electron chi connectivity index (χ2n) is 8.40. The summed E-state index contributed by atoms with van der Waals surface area (Å²) in [6.07, 6.45) is 5.11. The maximum Gasteiger partial charge on any atom is 0.245 e. The molecule has 1 aromatic heterocycles. The lowest BCUT2D eigenvalue weighted by molar-refractivity contribution is -0.139. The zero-order valence-electron chi connectivity index (χ0n) is 18.8. The van der Waals surface area contributed by atoms with Gasteiger partial charge in [0.05, 0.1) is 17.9 Å². The Bertz CT molecular complexity index is 1090. The molecule has 33 heavy (non-hydrogen) atoms. The van der Waals surface area contributed by atoms with Gasteiger partial charge in [-0.2, -0.15) is 5.10 Å². The molecule has 1 fully saturated rings. The van der Waals surface area contributed by atoms with Gasteiger partial charge < -0.3 is 10.2 Å². The zero-order valence-corrected chi connectivity index (χ0v) is 18.8. The van der Waals surface area contributed by atoms with Gasteiger partial charge in [-0.3, -0.25) is 9.59 Å². The molecule has 1 saturated carbocycles. The smallest absolute Gasteiger partial charge is 0.245 e. The van der Waals surface area contributed by atoms with E-state index in [-0.39, 0.29) is 30.1 Å². The van der Waals surface area contributed by atoms with Gasteiger partial charge in [-0.05, 0) is 44.0 Å². The summed E-state index contributed by atoms with van der Waals surface area (Å²) in [5, 5.41) is 7.55. The van der Waals surface area contributed by atoms with E-state index in [4.69, 9.17) is 0 Å². The molecule has 1 heterocycles. The summed E-state index contributed by atoms with van der Waals surface area (Å²) in [5.74, 6) is -0.0969. The molecule has 1 aliphatic carbocycles. The maximum atomic E-state index is 13.5. The van der Waals surface area contributed by atoms with Crippen LogP contribution in [0.25, 0.3) is 16.9 Å². The topological polar surface area (TPSA) is 67.2 Å². The van der Waals surface area contributed by atoms with Gasteiger partial charge in [-0.15, -0.1) is 0 Å². The van der Waals surface area contributed by atoms with Crippen molar-refractivity contribution >= 4 is 17.6 Å². The van der Waals surface area contributed by atoms with Crippen molar-refractivity contribution in [2.45, 2.75) is 39.0 Å². The first-order valence-corrected chi connectivity index (χ1v) is 11.5. The van der Waals surface area contributed by atoms with Crippen LogP contribution in [0.4, 0.5) is 10.2 Å². The fourth-order valence-electron chi connectivity index (χ4n) is 4.31. The highest BCUT2D eigenvalue weighted by molar-refractivity contribution is 5.95. The minimum absolute atomic E-state index is 0.0128. The van der Waals surface area contributed by atoms with E-state index in [1.54, 1.807) is 27.8 Å². The van der Waals surface area contributed by atoms with Crippen molar-refractivity contribution in [1.29, 1.82) is 0 Å². The number of hydrogen-bond acceptors (Lipinski definition) is 3. The SMILES string of the molecule is CCN(CC(=O)Nc1cc(-c2ccccc2)nn1-c1ccc(F)cc1)C(=O)C1CCCCC1. The number of anilines is 1. The number of benzene rings is 2. The van der Waals surface area contributed by atoms with E-state index in [9.17, 15) is 14.0 Å². The third-order valence-electron chi connectivity index (χ3n) is 6.10. The fraction of sp³-hybridized carbons (Fsp3) is 0.346. The van der Waals surface area contributed by atoms with Gasteiger partial charge in [0, 0.05) is 24.1 Å². The van der Waals surface area contributed by atoms with Gasteiger partial charge >= 0.3 is 0 Å². The number of nitrogens with zero attached hydrogens (tertiary/aromatic N) is 3. The molecule has 0 radical (unpaired) electrons. The largest absolute Gasteiger partial charge is 0.333 e. The molecule has 7 heteroatoms. The number of aromatic nitrogens is 2. The number of amides is 2. The lowest BCUT2D eigenvalue weighted by atomic mass is 9.88. The van der Waals surface area contributed by atoms with Crippen molar-refractivity contribution in [2.75, 3.05) is 18.4 Å². The summed E-state index contributed by atoms with van der Waals surface area (Å²) in [6.45, 7) is 2.36. The van der Waals surface area contributed by atoms with Crippen LogP contribution in [0.3, 0.4) is 0 Å². The summed E-state index contributed by atoms with van der Waals surface area (Å²) in [5.41, 5.74) is 2.21. The van der Waals surface area contributed by atoms with Crippen LogP contribution in [-0.4, -0.2) is 39.6 Å². The fourth-order valence-corrected chi connectivity index (χ4v) is 4.31. The average Bonchev–Trinajstić information content (AvgIpc) is 3.27. The Balaban J connectivity index is 1.55.